The summed E-state index contributed by atoms with van der Waals surface area (Å²) in [6.07, 6.45) is 0.754. The van der Waals surface area contributed by atoms with Crippen molar-refractivity contribution in [3.63, 3.8) is 0 Å². The van der Waals surface area contributed by atoms with Crippen molar-refractivity contribution in [3.05, 3.63) is 108 Å². The van der Waals surface area contributed by atoms with Crippen molar-refractivity contribution in [1.29, 1.82) is 0 Å². The van der Waals surface area contributed by atoms with Gasteiger partial charge in [0, 0.05) is 16.7 Å². The van der Waals surface area contributed by atoms with Crippen LogP contribution < -0.4 is 0 Å². The van der Waals surface area contributed by atoms with Gasteiger partial charge >= 0.3 is 5.97 Å². The monoisotopic (exact) mass is 367 g/mol. The lowest BCUT2D eigenvalue weighted by molar-refractivity contribution is -0.129. The van der Waals surface area contributed by atoms with E-state index in [4.69, 9.17) is 9.94 Å². The second-order valence-corrected chi connectivity index (χ2v) is 5.44. The van der Waals surface area contributed by atoms with E-state index in [2.05, 4.69) is 5.16 Å². The van der Waals surface area contributed by atoms with Crippen molar-refractivity contribution in [3.8, 4) is 0 Å². The number of halogens is 1. The largest absolute Gasteiger partial charge is 0.477 e. The van der Waals surface area contributed by atoms with Gasteiger partial charge < -0.3 is 9.94 Å². The predicted octanol–water partition coefficient (Wildman–Crippen LogP) is 4.49. The molecule has 0 heterocycles. The molecule has 0 aliphatic carbocycles. The van der Waals surface area contributed by atoms with Crippen molar-refractivity contribution in [2.75, 3.05) is 0 Å². The predicted molar refractivity (Wildman–Crippen MR) is 104 cm³/mol. The molecule has 1 N–H and O–H groups in total. The van der Waals surface area contributed by atoms with E-state index >= 15 is 0 Å². The second kappa shape index (κ2) is 8.83. The Morgan fingerprint density at radius 2 is 1.12 bits per heavy atom. The zero-order valence-corrected chi connectivity index (χ0v) is 14.7. The Morgan fingerprint density at radius 3 is 1.42 bits per heavy atom. The summed E-state index contributed by atoms with van der Waals surface area (Å²) >= 11 is 0. The molecule has 0 aromatic heterocycles. The van der Waals surface area contributed by atoms with E-state index in [9.17, 15) is 4.79 Å². The Bertz CT molecular complexity index is 756. The molecule has 0 fully saturated rings. The highest BCUT2D eigenvalue weighted by atomic mass is 35.5. The number of aliphatic carboxylic acids is 1. The number of hydrogen-bond donors (Lipinski definition) is 1. The first kappa shape index (κ1) is 19.2. The Morgan fingerprint density at radius 1 is 0.769 bits per heavy atom. The van der Waals surface area contributed by atoms with Gasteiger partial charge in [-0.15, -0.1) is 12.4 Å². The highest BCUT2D eigenvalue weighted by Crippen LogP contribution is 2.40. The quantitative estimate of drug-likeness (QED) is 0.397. The van der Waals surface area contributed by atoms with E-state index in [1.54, 1.807) is 0 Å². The maximum absolute atomic E-state index is 10.9. The Labute approximate surface area is 158 Å². The number of nitrogens with zero attached hydrogens (tertiary/aromatic N) is 1. The van der Waals surface area contributed by atoms with Crippen LogP contribution in [0.3, 0.4) is 0 Å². The summed E-state index contributed by atoms with van der Waals surface area (Å²) in [6.45, 7) is 0. The lowest BCUT2D eigenvalue weighted by Crippen LogP contribution is -2.31. The van der Waals surface area contributed by atoms with Crippen LogP contribution in [0.4, 0.5) is 0 Å². The van der Waals surface area contributed by atoms with E-state index in [0.717, 1.165) is 22.9 Å². The molecule has 132 valence electrons. The summed E-state index contributed by atoms with van der Waals surface area (Å²) in [7, 11) is 0. The van der Waals surface area contributed by atoms with Gasteiger partial charge in [-0.1, -0.05) is 96.2 Å². The summed E-state index contributed by atoms with van der Waals surface area (Å²) < 4.78 is 0. The molecule has 0 aliphatic rings. The van der Waals surface area contributed by atoms with Gasteiger partial charge in [-0.25, -0.2) is 4.79 Å². The van der Waals surface area contributed by atoms with E-state index in [1.165, 1.54) is 0 Å². The fourth-order valence-electron chi connectivity index (χ4n) is 2.83. The van der Waals surface area contributed by atoms with Crippen LogP contribution in [0.25, 0.3) is 0 Å². The first-order chi connectivity index (χ1) is 12.2. The lowest BCUT2D eigenvalue weighted by atomic mass is 9.80. The number of hydrogen-bond acceptors (Lipinski definition) is 3. The molecule has 4 nitrogen and oxygen atoms in total. The van der Waals surface area contributed by atoms with Crippen LogP contribution in [-0.2, 0) is 15.2 Å². The maximum atomic E-state index is 10.9. The summed E-state index contributed by atoms with van der Waals surface area (Å²) in [5, 5.41) is 12.6. The van der Waals surface area contributed by atoms with Gasteiger partial charge in [-0.2, -0.15) is 0 Å². The summed E-state index contributed by atoms with van der Waals surface area (Å²) in [4.78, 5) is 16.8. The average molecular weight is 368 g/mol. The number of rotatable bonds is 6. The molecule has 0 aliphatic heterocycles. The number of oxime groups is 1. The number of carboxylic acids is 1. The van der Waals surface area contributed by atoms with E-state index in [-0.39, 0.29) is 12.4 Å². The minimum Gasteiger partial charge on any atom is -0.477 e. The molecule has 26 heavy (non-hydrogen) atoms. The molecule has 0 unspecified atom stereocenters. The number of carbonyl (C=O) groups is 1. The van der Waals surface area contributed by atoms with E-state index in [0.29, 0.717) is 0 Å². The van der Waals surface area contributed by atoms with Crippen LogP contribution in [-0.4, -0.2) is 17.3 Å². The molecule has 3 aromatic carbocycles. The van der Waals surface area contributed by atoms with Crippen LogP contribution in [0, 0.1) is 0 Å². The van der Waals surface area contributed by atoms with Crippen LogP contribution >= 0.6 is 12.4 Å². The van der Waals surface area contributed by atoms with Gasteiger partial charge in [0.1, 0.15) is 0 Å². The third-order valence-electron chi connectivity index (χ3n) is 3.89. The SMILES string of the molecule is Cl.O=C(O)C=NOC(c1ccccc1)(c1ccccc1)c1ccccc1. The van der Waals surface area contributed by atoms with Crippen molar-refractivity contribution in [1.82, 2.24) is 0 Å². The fourth-order valence-corrected chi connectivity index (χ4v) is 2.83. The normalized spacial score (nSPS) is 10.9. The zero-order valence-electron chi connectivity index (χ0n) is 13.9. The first-order valence-corrected chi connectivity index (χ1v) is 7.84. The molecular formula is C21H18ClNO3. The maximum Gasteiger partial charge on any atom is 0.350 e. The summed E-state index contributed by atoms with van der Waals surface area (Å²) in [5.41, 5.74) is 1.52. The Balaban J connectivity index is 0.00000243. The lowest BCUT2D eigenvalue weighted by Gasteiger charge is -2.33. The number of benzene rings is 3. The van der Waals surface area contributed by atoms with Crippen LogP contribution in [0.15, 0.2) is 96.2 Å². The third kappa shape index (κ3) is 3.92. The molecule has 3 rings (SSSR count). The number of carboxylic acid groups (broad SMARTS) is 1. The molecule has 3 aromatic rings. The fraction of sp³-hybridized carbons (Fsp3) is 0.0476. The molecule has 0 bridgehead atoms. The minimum absolute atomic E-state index is 0. The van der Waals surface area contributed by atoms with Crippen molar-refractivity contribution in [2.45, 2.75) is 5.60 Å². The molecule has 0 saturated carbocycles. The molecule has 0 saturated heterocycles. The van der Waals surface area contributed by atoms with Crippen molar-refractivity contribution >= 4 is 24.6 Å². The standard InChI is InChI=1S/C21H17NO3.ClH/c23-20(24)16-22-25-21(17-10-4-1-5-11-17,18-12-6-2-7-13-18)19-14-8-3-9-15-19;/h1-16H,(H,23,24);1H. The third-order valence-corrected chi connectivity index (χ3v) is 3.89. The molecular weight excluding hydrogens is 350 g/mol. The van der Waals surface area contributed by atoms with Crippen molar-refractivity contribution < 1.29 is 14.7 Å². The summed E-state index contributed by atoms with van der Waals surface area (Å²) in [6, 6.07) is 28.9. The topological polar surface area (TPSA) is 58.9 Å². The van der Waals surface area contributed by atoms with Crippen LogP contribution in [0.1, 0.15) is 16.7 Å². The van der Waals surface area contributed by atoms with E-state index < -0.39 is 11.6 Å². The second-order valence-electron chi connectivity index (χ2n) is 5.44. The van der Waals surface area contributed by atoms with Crippen LogP contribution in [0.5, 0.6) is 0 Å². The van der Waals surface area contributed by atoms with Crippen molar-refractivity contribution in [2.24, 2.45) is 5.16 Å². The first-order valence-electron chi connectivity index (χ1n) is 7.84. The molecule has 0 atom stereocenters. The zero-order chi connectivity index (χ0) is 17.5. The van der Waals surface area contributed by atoms with Gasteiger partial charge in [0.25, 0.3) is 0 Å². The molecule has 0 radical (unpaired) electrons. The van der Waals surface area contributed by atoms with Gasteiger partial charge in [-0.3, -0.25) is 0 Å². The minimum atomic E-state index is -1.16. The smallest absolute Gasteiger partial charge is 0.350 e. The van der Waals surface area contributed by atoms with Gasteiger partial charge in [-0.05, 0) is 0 Å². The Hall–Kier alpha value is -3.11. The molecule has 5 heteroatoms. The highest BCUT2D eigenvalue weighted by molar-refractivity contribution is 6.21. The van der Waals surface area contributed by atoms with Crippen LogP contribution in [0.2, 0.25) is 0 Å². The average Bonchev–Trinajstić information content (AvgIpc) is 2.67. The van der Waals surface area contributed by atoms with Gasteiger partial charge in [0.05, 0.1) is 0 Å². The van der Waals surface area contributed by atoms with E-state index in [1.807, 2.05) is 91.0 Å². The highest BCUT2D eigenvalue weighted by Gasteiger charge is 2.39. The molecule has 0 spiro atoms. The molecule has 0 amide bonds. The van der Waals surface area contributed by atoms with Gasteiger partial charge in [0.15, 0.2) is 6.21 Å². The van der Waals surface area contributed by atoms with Gasteiger partial charge in [0.2, 0.25) is 5.60 Å². The summed E-state index contributed by atoms with van der Waals surface area (Å²) in [5.74, 6) is -1.16. The Kier molecular flexibility index (Phi) is 6.53.